The number of nitrogens with zero attached hydrogens (tertiary/aromatic N) is 1. The minimum Gasteiger partial charge on any atom is -0.388 e. The van der Waals surface area contributed by atoms with E-state index in [1.807, 2.05) is 44.3 Å². The maximum Gasteiger partial charge on any atom is 0.0817 e. The SMILES string of the molecule is CNCC(C[C@@H](O)c1cccnc1)[S@@](=O)c1ccc(C)cc1. The van der Waals surface area contributed by atoms with E-state index >= 15 is 0 Å². The zero-order valence-corrected chi connectivity index (χ0v) is 13.7. The number of hydrogen-bond acceptors (Lipinski definition) is 4. The number of aliphatic hydroxyl groups is 1. The van der Waals surface area contributed by atoms with Crippen LogP contribution in [0.4, 0.5) is 0 Å². The highest BCUT2D eigenvalue weighted by molar-refractivity contribution is 7.85. The van der Waals surface area contributed by atoms with E-state index in [1.165, 1.54) is 0 Å². The number of benzene rings is 1. The largest absolute Gasteiger partial charge is 0.388 e. The number of pyridine rings is 1. The third kappa shape index (κ3) is 4.47. The summed E-state index contributed by atoms with van der Waals surface area (Å²) >= 11 is 0. The van der Waals surface area contributed by atoms with Crippen LogP contribution in [-0.2, 0) is 10.8 Å². The second-order valence-electron chi connectivity index (χ2n) is 5.33. The standard InChI is InChI=1S/C17H22N2O2S/c1-13-5-7-15(8-6-13)22(21)16(12-18-2)10-17(20)14-4-3-9-19-11-14/h3-9,11,16-18,20H,10,12H2,1-2H3/t16?,17-,22+/m1/s1. The Morgan fingerprint density at radius 2 is 2.00 bits per heavy atom. The minimum absolute atomic E-state index is 0.164. The maximum atomic E-state index is 12.8. The molecule has 4 nitrogen and oxygen atoms in total. The summed E-state index contributed by atoms with van der Waals surface area (Å²) in [4.78, 5) is 4.82. The van der Waals surface area contributed by atoms with E-state index in [-0.39, 0.29) is 5.25 Å². The Morgan fingerprint density at radius 1 is 1.27 bits per heavy atom. The van der Waals surface area contributed by atoms with Crippen molar-refractivity contribution in [1.29, 1.82) is 0 Å². The summed E-state index contributed by atoms with van der Waals surface area (Å²) in [5.41, 5.74) is 1.89. The summed E-state index contributed by atoms with van der Waals surface area (Å²) in [5, 5.41) is 13.3. The lowest BCUT2D eigenvalue weighted by Gasteiger charge is -2.20. The maximum absolute atomic E-state index is 12.8. The van der Waals surface area contributed by atoms with Crippen molar-refractivity contribution in [3.05, 3.63) is 59.9 Å². The lowest BCUT2D eigenvalue weighted by atomic mass is 10.1. The summed E-state index contributed by atoms with van der Waals surface area (Å²) in [7, 11) is 0.663. The van der Waals surface area contributed by atoms with Crippen molar-refractivity contribution in [1.82, 2.24) is 10.3 Å². The van der Waals surface area contributed by atoms with Gasteiger partial charge in [0.15, 0.2) is 0 Å². The van der Waals surface area contributed by atoms with E-state index < -0.39 is 16.9 Å². The molecule has 22 heavy (non-hydrogen) atoms. The topological polar surface area (TPSA) is 62.2 Å². The first-order valence-electron chi connectivity index (χ1n) is 7.31. The molecule has 1 aromatic carbocycles. The van der Waals surface area contributed by atoms with Crippen molar-refractivity contribution >= 4 is 10.8 Å². The van der Waals surface area contributed by atoms with Crippen LogP contribution in [0.5, 0.6) is 0 Å². The van der Waals surface area contributed by atoms with Gasteiger partial charge in [0.2, 0.25) is 0 Å². The van der Waals surface area contributed by atoms with Gasteiger partial charge in [0.05, 0.1) is 22.2 Å². The van der Waals surface area contributed by atoms with Crippen LogP contribution >= 0.6 is 0 Å². The molecule has 0 amide bonds. The summed E-state index contributed by atoms with van der Waals surface area (Å²) in [6.07, 6.45) is 3.08. The number of aromatic nitrogens is 1. The average Bonchev–Trinajstić information content (AvgIpc) is 2.55. The van der Waals surface area contributed by atoms with E-state index in [4.69, 9.17) is 0 Å². The molecule has 118 valence electrons. The molecule has 3 atom stereocenters. The molecule has 1 aromatic heterocycles. The molecule has 1 unspecified atom stereocenters. The molecule has 2 N–H and O–H groups in total. The highest BCUT2D eigenvalue weighted by Crippen LogP contribution is 2.22. The van der Waals surface area contributed by atoms with Crippen molar-refractivity contribution in [2.24, 2.45) is 0 Å². The lowest BCUT2D eigenvalue weighted by Crippen LogP contribution is -2.30. The van der Waals surface area contributed by atoms with Crippen LogP contribution in [0.3, 0.4) is 0 Å². The first kappa shape index (κ1) is 16.8. The zero-order chi connectivity index (χ0) is 15.9. The fourth-order valence-electron chi connectivity index (χ4n) is 2.30. The molecular formula is C17H22N2O2S. The summed E-state index contributed by atoms with van der Waals surface area (Å²) in [6.45, 7) is 2.59. The van der Waals surface area contributed by atoms with Gasteiger partial charge in [-0.3, -0.25) is 9.19 Å². The second kappa shape index (κ2) is 8.17. The third-order valence-corrected chi connectivity index (χ3v) is 5.24. The number of aliphatic hydroxyl groups excluding tert-OH is 1. The molecule has 0 radical (unpaired) electrons. The van der Waals surface area contributed by atoms with E-state index in [0.29, 0.717) is 13.0 Å². The second-order valence-corrected chi connectivity index (χ2v) is 7.06. The van der Waals surface area contributed by atoms with Gasteiger partial charge in [-0.1, -0.05) is 23.8 Å². The first-order valence-corrected chi connectivity index (χ1v) is 8.53. The van der Waals surface area contributed by atoms with Gasteiger partial charge in [-0.2, -0.15) is 0 Å². The molecule has 0 saturated heterocycles. The van der Waals surface area contributed by atoms with Crippen LogP contribution in [0.1, 0.15) is 23.7 Å². The van der Waals surface area contributed by atoms with Gasteiger partial charge >= 0.3 is 0 Å². The molecule has 2 aromatic rings. The Balaban J connectivity index is 2.12. The van der Waals surface area contributed by atoms with Gasteiger partial charge in [-0.15, -0.1) is 0 Å². The third-order valence-electron chi connectivity index (χ3n) is 3.54. The molecule has 0 bridgehead atoms. The molecule has 1 heterocycles. The van der Waals surface area contributed by atoms with Crippen LogP contribution in [0, 0.1) is 6.92 Å². The molecule has 0 fully saturated rings. The van der Waals surface area contributed by atoms with Gasteiger partial charge < -0.3 is 10.4 Å². The normalized spacial score (nSPS) is 15.2. The summed E-state index contributed by atoms with van der Waals surface area (Å²) in [5.74, 6) is 0. The fourth-order valence-corrected chi connectivity index (χ4v) is 3.76. The van der Waals surface area contributed by atoms with Crippen molar-refractivity contribution < 1.29 is 9.32 Å². The Bertz CT molecular complexity index is 602. The summed E-state index contributed by atoms with van der Waals surface area (Å²) < 4.78 is 12.8. The van der Waals surface area contributed by atoms with Crippen molar-refractivity contribution in [2.45, 2.75) is 29.6 Å². The minimum atomic E-state index is -1.17. The van der Waals surface area contributed by atoms with Crippen molar-refractivity contribution in [2.75, 3.05) is 13.6 Å². The van der Waals surface area contributed by atoms with Gasteiger partial charge in [-0.05, 0) is 44.2 Å². The van der Waals surface area contributed by atoms with Crippen LogP contribution < -0.4 is 5.32 Å². The Morgan fingerprint density at radius 3 is 2.59 bits per heavy atom. The van der Waals surface area contributed by atoms with E-state index in [9.17, 15) is 9.32 Å². The van der Waals surface area contributed by atoms with Crippen LogP contribution in [0.25, 0.3) is 0 Å². The highest BCUT2D eigenvalue weighted by Gasteiger charge is 2.22. The van der Waals surface area contributed by atoms with Crippen LogP contribution in [0.2, 0.25) is 0 Å². The number of aryl methyl sites for hydroxylation is 1. The van der Waals surface area contributed by atoms with Gasteiger partial charge in [0, 0.05) is 23.8 Å². The first-order chi connectivity index (χ1) is 10.6. The molecule has 0 saturated carbocycles. The smallest absolute Gasteiger partial charge is 0.0817 e. The lowest BCUT2D eigenvalue weighted by molar-refractivity contribution is 0.165. The Labute approximate surface area is 134 Å². The molecule has 0 aliphatic carbocycles. The van der Waals surface area contributed by atoms with Crippen LogP contribution in [-0.4, -0.2) is 33.1 Å². The Hall–Kier alpha value is -1.56. The van der Waals surface area contributed by atoms with E-state index in [0.717, 1.165) is 16.0 Å². The van der Waals surface area contributed by atoms with E-state index in [1.54, 1.807) is 18.5 Å². The molecule has 0 spiro atoms. The van der Waals surface area contributed by atoms with Gasteiger partial charge in [0.25, 0.3) is 0 Å². The van der Waals surface area contributed by atoms with Crippen LogP contribution in [0.15, 0.2) is 53.7 Å². The predicted octanol–water partition coefficient (Wildman–Crippen LogP) is 2.21. The van der Waals surface area contributed by atoms with Crippen molar-refractivity contribution in [3.8, 4) is 0 Å². The molecule has 0 aliphatic heterocycles. The van der Waals surface area contributed by atoms with Gasteiger partial charge in [0.1, 0.15) is 0 Å². The monoisotopic (exact) mass is 318 g/mol. The number of hydrogen-bond donors (Lipinski definition) is 2. The molecular weight excluding hydrogens is 296 g/mol. The van der Waals surface area contributed by atoms with Gasteiger partial charge in [-0.25, -0.2) is 0 Å². The molecule has 0 aliphatic rings. The number of nitrogens with one attached hydrogen (secondary N) is 1. The van der Waals surface area contributed by atoms with E-state index in [2.05, 4.69) is 10.3 Å². The average molecular weight is 318 g/mol. The molecule has 2 rings (SSSR count). The highest BCUT2D eigenvalue weighted by atomic mass is 32.2. The number of rotatable bonds is 7. The predicted molar refractivity (Wildman–Crippen MR) is 89.1 cm³/mol. The molecule has 5 heteroatoms. The van der Waals surface area contributed by atoms with Crippen molar-refractivity contribution in [3.63, 3.8) is 0 Å². The zero-order valence-electron chi connectivity index (χ0n) is 12.9. The quantitative estimate of drug-likeness (QED) is 0.821. The Kier molecular flexibility index (Phi) is 6.24. The fraction of sp³-hybridized carbons (Fsp3) is 0.353. The summed E-state index contributed by atoms with van der Waals surface area (Å²) in [6, 6.07) is 11.3.